The molecule has 0 aliphatic heterocycles. The van der Waals surface area contributed by atoms with E-state index >= 15 is 0 Å². The van der Waals surface area contributed by atoms with Gasteiger partial charge in [-0.3, -0.25) is 4.79 Å². The lowest BCUT2D eigenvalue weighted by Gasteiger charge is -2.17. The third-order valence-electron chi connectivity index (χ3n) is 3.52. The Kier molecular flexibility index (Phi) is 5.67. The van der Waals surface area contributed by atoms with Crippen LogP contribution in [0.15, 0.2) is 36.4 Å². The van der Waals surface area contributed by atoms with Crippen molar-refractivity contribution in [1.82, 2.24) is 0 Å². The Labute approximate surface area is 151 Å². The monoisotopic (exact) mass is 416 g/mol. The van der Waals surface area contributed by atoms with Gasteiger partial charge in [-0.15, -0.1) is 0 Å². The van der Waals surface area contributed by atoms with Crippen molar-refractivity contribution in [2.45, 2.75) is 25.1 Å². The Bertz CT molecular complexity index is 864. The molecule has 0 radical (unpaired) electrons. The molecule has 152 valence electrons. The zero-order chi connectivity index (χ0) is 21.3. The molecule has 0 N–H and O–H groups in total. The lowest BCUT2D eigenvalue weighted by atomic mass is 10.0. The first-order valence-electron chi connectivity index (χ1n) is 7.29. The summed E-state index contributed by atoms with van der Waals surface area (Å²) in [5.41, 5.74) is -5.50. The molecule has 0 unspecified atom stereocenters. The predicted octanol–water partition coefficient (Wildman–Crippen LogP) is 6.13. The largest absolute Gasteiger partial charge is 0.489 e. The van der Waals surface area contributed by atoms with Gasteiger partial charge in [0.2, 0.25) is 0 Å². The van der Waals surface area contributed by atoms with Gasteiger partial charge in [0, 0.05) is 11.1 Å². The van der Waals surface area contributed by atoms with Crippen LogP contribution in [0.4, 0.5) is 39.5 Å². The fourth-order valence-electron chi connectivity index (χ4n) is 2.26. The van der Waals surface area contributed by atoms with Gasteiger partial charge < -0.3 is 4.74 Å². The number of aldehydes is 1. The molecule has 0 aliphatic carbocycles. The summed E-state index contributed by atoms with van der Waals surface area (Å²) in [5.74, 6) is -0.623. The molecule has 0 amide bonds. The van der Waals surface area contributed by atoms with Crippen molar-refractivity contribution in [2.24, 2.45) is 0 Å². The number of rotatable bonds is 4. The minimum atomic E-state index is -5.01. The second-order valence-electron chi connectivity index (χ2n) is 5.56. The quantitative estimate of drug-likeness (QED) is 0.443. The number of benzene rings is 2. The van der Waals surface area contributed by atoms with E-state index in [2.05, 4.69) is 0 Å². The van der Waals surface area contributed by atoms with Crippen LogP contribution in [0.25, 0.3) is 0 Å². The number of carbonyl (C=O) groups excluding carboxylic acids is 1. The Balaban J connectivity index is 2.42. The van der Waals surface area contributed by atoms with E-state index in [1.807, 2.05) is 0 Å². The molecular formula is C17H9F9O2. The van der Waals surface area contributed by atoms with Crippen LogP contribution >= 0.6 is 0 Å². The molecule has 0 fully saturated rings. The van der Waals surface area contributed by atoms with E-state index < -0.39 is 58.7 Å². The second-order valence-corrected chi connectivity index (χ2v) is 5.56. The average molecular weight is 416 g/mol. The van der Waals surface area contributed by atoms with E-state index in [1.165, 1.54) is 0 Å². The maximum absolute atomic E-state index is 13.0. The molecule has 0 heterocycles. The average Bonchev–Trinajstić information content (AvgIpc) is 2.57. The summed E-state index contributed by atoms with van der Waals surface area (Å²) < 4.78 is 121. The number of ether oxygens (including phenoxy) is 1. The van der Waals surface area contributed by atoms with Gasteiger partial charge in [0.15, 0.2) is 0 Å². The van der Waals surface area contributed by atoms with Crippen molar-refractivity contribution in [1.29, 1.82) is 0 Å². The highest BCUT2D eigenvalue weighted by molar-refractivity contribution is 5.76. The molecule has 28 heavy (non-hydrogen) atoms. The van der Waals surface area contributed by atoms with Gasteiger partial charge in [-0.1, -0.05) is 0 Å². The zero-order valence-electron chi connectivity index (χ0n) is 13.5. The maximum atomic E-state index is 13.0. The van der Waals surface area contributed by atoms with Crippen LogP contribution in [0.3, 0.4) is 0 Å². The summed E-state index contributed by atoms with van der Waals surface area (Å²) in [6, 6.07) is 2.39. The number of carbonyl (C=O) groups is 1. The SMILES string of the molecule is O=Cc1cc(OCc2cc(C(F)(F)F)ccc2C(F)(F)F)cc(C(F)(F)F)c1. The first kappa shape index (κ1) is 21.6. The van der Waals surface area contributed by atoms with Crippen LogP contribution in [-0.2, 0) is 25.1 Å². The maximum Gasteiger partial charge on any atom is 0.416 e. The highest BCUT2D eigenvalue weighted by Crippen LogP contribution is 2.37. The summed E-state index contributed by atoms with van der Waals surface area (Å²) in [6.07, 6.45) is -14.7. The molecular weight excluding hydrogens is 407 g/mol. The molecule has 0 saturated heterocycles. The number of halogens is 9. The standard InChI is InChI=1S/C17H9F9O2/c18-15(19,20)11-1-2-14(17(24,25)26)10(5-11)8-28-13-4-9(7-27)3-12(6-13)16(21,22)23/h1-7H,8H2. The van der Waals surface area contributed by atoms with Crippen LogP contribution in [0.1, 0.15) is 32.6 Å². The molecule has 2 rings (SSSR count). The van der Waals surface area contributed by atoms with Crippen molar-refractivity contribution in [3.05, 3.63) is 64.2 Å². The van der Waals surface area contributed by atoms with Crippen LogP contribution < -0.4 is 4.74 Å². The first-order valence-corrected chi connectivity index (χ1v) is 7.29. The molecule has 0 aromatic heterocycles. The Morgan fingerprint density at radius 2 is 1.36 bits per heavy atom. The van der Waals surface area contributed by atoms with E-state index in [-0.39, 0.29) is 24.5 Å². The topological polar surface area (TPSA) is 26.3 Å². The molecule has 0 saturated carbocycles. The Hall–Kier alpha value is -2.72. The van der Waals surface area contributed by atoms with Gasteiger partial charge in [-0.25, -0.2) is 0 Å². The van der Waals surface area contributed by atoms with Crippen LogP contribution in [0.2, 0.25) is 0 Å². The van der Waals surface area contributed by atoms with Crippen molar-refractivity contribution in [3.8, 4) is 5.75 Å². The van der Waals surface area contributed by atoms with Gasteiger partial charge in [0.25, 0.3) is 0 Å². The smallest absolute Gasteiger partial charge is 0.416 e. The summed E-state index contributed by atoms with van der Waals surface area (Å²) in [4.78, 5) is 10.8. The Morgan fingerprint density at radius 1 is 0.750 bits per heavy atom. The summed E-state index contributed by atoms with van der Waals surface area (Å²) in [6.45, 7) is -1.10. The molecule has 2 aromatic carbocycles. The first-order chi connectivity index (χ1) is 12.7. The fourth-order valence-corrected chi connectivity index (χ4v) is 2.26. The molecule has 2 nitrogen and oxygen atoms in total. The third-order valence-corrected chi connectivity index (χ3v) is 3.52. The molecule has 0 spiro atoms. The van der Waals surface area contributed by atoms with E-state index in [9.17, 15) is 44.3 Å². The zero-order valence-corrected chi connectivity index (χ0v) is 13.5. The van der Waals surface area contributed by atoms with Crippen LogP contribution in [0, 0.1) is 0 Å². The van der Waals surface area contributed by atoms with Crippen molar-refractivity contribution in [2.75, 3.05) is 0 Å². The summed E-state index contributed by atoms with van der Waals surface area (Å²) in [5, 5.41) is 0. The fraction of sp³-hybridized carbons (Fsp3) is 0.235. The van der Waals surface area contributed by atoms with Gasteiger partial charge in [0.05, 0.1) is 16.7 Å². The van der Waals surface area contributed by atoms with Gasteiger partial charge >= 0.3 is 18.5 Å². The normalized spacial score (nSPS) is 12.8. The molecule has 0 aliphatic rings. The molecule has 11 heteroatoms. The number of hydrogen-bond donors (Lipinski definition) is 0. The minimum Gasteiger partial charge on any atom is -0.489 e. The summed E-state index contributed by atoms with van der Waals surface area (Å²) in [7, 11) is 0. The highest BCUT2D eigenvalue weighted by Gasteiger charge is 2.37. The van der Waals surface area contributed by atoms with Crippen LogP contribution in [-0.4, -0.2) is 6.29 Å². The van der Waals surface area contributed by atoms with E-state index in [0.29, 0.717) is 12.1 Å². The van der Waals surface area contributed by atoms with Crippen molar-refractivity contribution < 1.29 is 49.0 Å². The molecule has 0 bridgehead atoms. The van der Waals surface area contributed by atoms with Gasteiger partial charge in [0.1, 0.15) is 18.6 Å². The third kappa shape index (κ3) is 5.17. The van der Waals surface area contributed by atoms with Crippen molar-refractivity contribution >= 4 is 6.29 Å². The van der Waals surface area contributed by atoms with Crippen molar-refractivity contribution in [3.63, 3.8) is 0 Å². The van der Waals surface area contributed by atoms with E-state index in [1.54, 1.807) is 0 Å². The highest BCUT2D eigenvalue weighted by atomic mass is 19.4. The van der Waals surface area contributed by atoms with Gasteiger partial charge in [-0.05, 0) is 36.4 Å². The minimum absolute atomic E-state index is 0.0630. The molecule has 0 atom stereocenters. The Morgan fingerprint density at radius 3 is 1.86 bits per heavy atom. The van der Waals surface area contributed by atoms with E-state index in [4.69, 9.17) is 4.74 Å². The number of hydrogen-bond acceptors (Lipinski definition) is 2. The lowest BCUT2D eigenvalue weighted by molar-refractivity contribution is -0.142. The second kappa shape index (κ2) is 7.36. The molecule has 2 aromatic rings. The predicted molar refractivity (Wildman–Crippen MR) is 77.6 cm³/mol. The summed E-state index contributed by atoms with van der Waals surface area (Å²) >= 11 is 0. The van der Waals surface area contributed by atoms with Crippen LogP contribution in [0.5, 0.6) is 5.75 Å². The van der Waals surface area contributed by atoms with E-state index in [0.717, 1.165) is 6.07 Å². The van der Waals surface area contributed by atoms with Gasteiger partial charge in [-0.2, -0.15) is 39.5 Å². The lowest BCUT2D eigenvalue weighted by Crippen LogP contribution is -2.14. The number of alkyl halides is 9.